The first-order valence-corrected chi connectivity index (χ1v) is 9.41. The van der Waals surface area contributed by atoms with Gasteiger partial charge in [0.25, 0.3) is 0 Å². The van der Waals surface area contributed by atoms with Crippen molar-refractivity contribution >= 4 is 21.8 Å². The molecule has 0 spiro atoms. The highest BCUT2D eigenvalue weighted by atomic mass is 16.5. The van der Waals surface area contributed by atoms with Crippen LogP contribution in [0, 0.1) is 0 Å². The summed E-state index contributed by atoms with van der Waals surface area (Å²) in [4.78, 5) is 15.4. The number of aromatic nitrogens is 3. The Labute approximate surface area is 164 Å². The van der Waals surface area contributed by atoms with Gasteiger partial charge in [-0.05, 0) is 57.4 Å². The summed E-state index contributed by atoms with van der Waals surface area (Å²) in [5.74, 6) is 1.52. The van der Waals surface area contributed by atoms with Crippen LogP contribution in [0.1, 0.15) is 18.2 Å². The zero-order valence-electron chi connectivity index (χ0n) is 16.4. The van der Waals surface area contributed by atoms with Gasteiger partial charge in [0.1, 0.15) is 5.75 Å². The summed E-state index contributed by atoms with van der Waals surface area (Å²) in [5, 5.41) is 2.13. The van der Waals surface area contributed by atoms with Gasteiger partial charge in [0.05, 0.1) is 30.1 Å². The maximum atomic E-state index is 5.89. The molecule has 28 heavy (non-hydrogen) atoms. The lowest BCUT2D eigenvalue weighted by Gasteiger charge is -2.24. The molecule has 3 N–H and O–H groups in total. The number of ether oxygens (including phenoxy) is 1. The fourth-order valence-electron chi connectivity index (χ4n) is 3.63. The number of nitrogens with zero attached hydrogens (tertiary/aromatic N) is 3. The molecule has 0 saturated carbocycles. The second kappa shape index (κ2) is 7.58. The van der Waals surface area contributed by atoms with Crippen LogP contribution >= 0.6 is 0 Å². The first kappa shape index (κ1) is 18.4. The molecule has 0 radical (unpaired) electrons. The number of fused-ring (bicyclic) bond motifs is 2. The van der Waals surface area contributed by atoms with Crippen molar-refractivity contribution < 1.29 is 4.74 Å². The van der Waals surface area contributed by atoms with E-state index in [1.54, 1.807) is 7.11 Å². The van der Waals surface area contributed by atoms with E-state index in [-0.39, 0.29) is 6.04 Å². The van der Waals surface area contributed by atoms with E-state index in [2.05, 4.69) is 36.1 Å². The minimum Gasteiger partial charge on any atom is -0.497 e. The monoisotopic (exact) mass is 375 g/mol. The summed E-state index contributed by atoms with van der Waals surface area (Å²) < 4.78 is 5.34. The van der Waals surface area contributed by atoms with Gasteiger partial charge in [0.15, 0.2) is 5.82 Å². The molecule has 0 amide bonds. The lowest BCUT2D eigenvalue weighted by atomic mass is 10.0. The molecule has 4 aromatic rings. The van der Waals surface area contributed by atoms with Crippen LogP contribution in [0.4, 0.5) is 0 Å². The number of hydrogen-bond acceptors (Lipinski definition) is 5. The Balaban J connectivity index is 1.90. The van der Waals surface area contributed by atoms with E-state index in [0.717, 1.165) is 45.4 Å². The third-order valence-electron chi connectivity index (χ3n) is 5.08. The molecular weight excluding hydrogens is 350 g/mol. The molecule has 2 aromatic carbocycles. The van der Waals surface area contributed by atoms with E-state index in [4.69, 9.17) is 20.4 Å². The highest BCUT2D eigenvalue weighted by Crippen LogP contribution is 2.31. The van der Waals surface area contributed by atoms with E-state index < -0.39 is 0 Å². The molecule has 1 unspecified atom stereocenters. The van der Waals surface area contributed by atoms with Crippen LogP contribution in [0.25, 0.3) is 33.3 Å². The van der Waals surface area contributed by atoms with E-state index in [1.165, 1.54) is 0 Å². The molecule has 2 aromatic heterocycles. The van der Waals surface area contributed by atoms with Gasteiger partial charge in [-0.1, -0.05) is 18.2 Å². The number of benzene rings is 2. The summed E-state index contributed by atoms with van der Waals surface area (Å²) >= 11 is 0. The fraction of sp³-hybridized carbons (Fsp3) is 0.273. The second-order valence-corrected chi connectivity index (χ2v) is 7.14. The Kier molecular flexibility index (Phi) is 4.98. The maximum Gasteiger partial charge on any atom is 0.176 e. The number of methoxy groups -OCH3 is 1. The SMILES string of the molecule is COc1ccc2[nH]c(-c3nc(C(CCN)N(C)C)c4ccccc4n3)cc2c1. The summed E-state index contributed by atoms with van der Waals surface area (Å²) in [7, 11) is 5.80. The molecule has 144 valence electrons. The average Bonchev–Trinajstić information content (AvgIpc) is 3.14. The number of aromatic amines is 1. The summed E-state index contributed by atoms with van der Waals surface area (Å²) in [6.07, 6.45) is 0.831. The first-order chi connectivity index (χ1) is 13.6. The van der Waals surface area contributed by atoms with E-state index in [1.807, 2.05) is 36.4 Å². The Hall–Kier alpha value is -2.96. The largest absolute Gasteiger partial charge is 0.497 e. The Morgan fingerprint density at radius 2 is 1.93 bits per heavy atom. The molecule has 0 aliphatic carbocycles. The second-order valence-electron chi connectivity index (χ2n) is 7.14. The number of para-hydroxylation sites is 1. The zero-order chi connectivity index (χ0) is 19.7. The first-order valence-electron chi connectivity index (χ1n) is 9.41. The Morgan fingerprint density at radius 1 is 1.11 bits per heavy atom. The fourth-order valence-corrected chi connectivity index (χ4v) is 3.63. The van der Waals surface area contributed by atoms with Gasteiger partial charge < -0.3 is 20.4 Å². The van der Waals surface area contributed by atoms with E-state index in [9.17, 15) is 0 Å². The van der Waals surface area contributed by atoms with E-state index in [0.29, 0.717) is 12.4 Å². The van der Waals surface area contributed by atoms with Gasteiger partial charge in [-0.2, -0.15) is 0 Å². The van der Waals surface area contributed by atoms with E-state index >= 15 is 0 Å². The smallest absolute Gasteiger partial charge is 0.176 e. The van der Waals surface area contributed by atoms with Crippen molar-refractivity contribution in [3.8, 4) is 17.3 Å². The number of H-pyrrole nitrogens is 1. The van der Waals surface area contributed by atoms with Gasteiger partial charge in [-0.15, -0.1) is 0 Å². The van der Waals surface area contributed by atoms with Crippen molar-refractivity contribution in [3.63, 3.8) is 0 Å². The van der Waals surface area contributed by atoms with Crippen LogP contribution in [0.3, 0.4) is 0 Å². The summed E-state index contributed by atoms with van der Waals surface area (Å²) in [6, 6.07) is 16.3. The maximum absolute atomic E-state index is 5.89. The van der Waals surface area contributed by atoms with Gasteiger partial charge in [0, 0.05) is 16.3 Å². The van der Waals surface area contributed by atoms with Gasteiger partial charge in [0.2, 0.25) is 0 Å². The minimum atomic E-state index is 0.126. The molecule has 6 heteroatoms. The third kappa shape index (κ3) is 3.32. The number of hydrogen-bond donors (Lipinski definition) is 2. The van der Waals surface area contributed by atoms with Crippen LogP contribution in [0.2, 0.25) is 0 Å². The molecule has 6 nitrogen and oxygen atoms in total. The molecule has 0 saturated heterocycles. The van der Waals surface area contributed by atoms with Crippen LogP contribution in [-0.4, -0.2) is 47.6 Å². The quantitative estimate of drug-likeness (QED) is 0.537. The van der Waals surface area contributed by atoms with Crippen LogP contribution < -0.4 is 10.5 Å². The van der Waals surface area contributed by atoms with Crippen LogP contribution in [0.15, 0.2) is 48.5 Å². The van der Waals surface area contributed by atoms with Crippen LogP contribution in [0.5, 0.6) is 5.75 Å². The topological polar surface area (TPSA) is 80.1 Å². The number of nitrogens with one attached hydrogen (secondary N) is 1. The Bertz CT molecular complexity index is 1120. The zero-order valence-corrected chi connectivity index (χ0v) is 16.4. The molecule has 2 heterocycles. The predicted octanol–water partition coefficient (Wildman–Crippen LogP) is 3.74. The highest BCUT2D eigenvalue weighted by molar-refractivity contribution is 5.88. The summed E-state index contributed by atoms with van der Waals surface area (Å²) in [5.41, 5.74) is 9.75. The van der Waals surface area contributed by atoms with Crippen molar-refractivity contribution in [1.82, 2.24) is 19.9 Å². The molecular formula is C22H25N5O. The normalized spacial score (nSPS) is 12.8. The summed E-state index contributed by atoms with van der Waals surface area (Å²) in [6.45, 7) is 0.600. The van der Waals surface area contributed by atoms with Crippen molar-refractivity contribution in [3.05, 3.63) is 54.2 Å². The average molecular weight is 375 g/mol. The van der Waals surface area contributed by atoms with Crippen LogP contribution in [-0.2, 0) is 0 Å². The van der Waals surface area contributed by atoms with Crippen molar-refractivity contribution in [1.29, 1.82) is 0 Å². The molecule has 0 bridgehead atoms. The lowest BCUT2D eigenvalue weighted by molar-refractivity contribution is 0.283. The molecule has 0 aliphatic heterocycles. The molecule has 1 atom stereocenters. The molecule has 4 rings (SSSR count). The highest BCUT2D eigenvalue weighted by Gasteiger charge is 2.20. The lowest BCUT2D eigenvalue weighted by Crippen LogP contribution is -2.24. The molecule has 0 fully saturated rings. The third-order valence-corrected chi connectivity index (χ3v) is 5.08. The van der Waals surface area contributed by atoms with Gasteiger partial charge >= 0.3 is 0 Å². The standard InChI is InChI=1S/C22H25N5O/c1-27(2)20(10-11-23)21-16-6-4-5-7-18(16)25-22(26-21)19-13-14-12-15(28-3)8-9-17(14)24-19/h4-9,12-13,20,24H,10-11,23H2,1-3H3. The Morgan fingerprint density at radius 3 is 2.68 bits per heavy atom. The van der Waals surface area contributed by atoms with Crippen molar-refractivity contribution in [2.45, 2.75) is 12.5 Å². The number of nitrogens with two attached hydrogens (primary N) is 1. The van der Waals surface area contributed by atoms with Gasteiger partial charge in [-0.25, -0.2) is 9.97 Å². The minimum absolute atomic E-state index is 0.126. The number of rotatable bonds is 6. The van der Waals surface area contributed by atoms with Gasteiger partial charge in [-0.3, -0.25) is 0 Å². The van der Waals surface area contributed by atoms with Crippen molar-refractivity contribution in [2.24, 2.45) is 5.73 Å². The predicted molar refractivity (Wildman–Crippen MR) is 113 cm³/mol. The van der Waals surface area contributed by atoms with Crippen molar-refractivity contribution in [2.75, 3.05) is 27.7 Å². The molecule has 0 aliphatic rings.